The Balaban J connectivity index is 4.25. The second kappa shape index (κ2) is 66.6. The van der Waals surface area contributed by atoms with Crippen molar-refractivity contribution in [2.45, 2.75) is 367 Å². The molecule has 6 heteroatoms. The van der Waals surface area contributed by atoms with Crippen LogP contribution in [0.3, 0.4) is 0 Å². The number of allylic oxidation sites excluding steroid dienone is 10. The standard InChI is InChI=1S/C72H130O6/c1-4-7-10-13-16-19-22-25-28-30-32-33-34-35-36-37-38-39-41-42-44-47-50-53-56-59-62-65-71(74)77-68-69(67-76-70(73)64-61-58-55-52-49-46-27-24-21-18-15-12-9-6-3)78-72(75)66-63-60-57-54-51-48-45-43-40-31-29-26-23-20-17-14-11-8-5-2/h7,10,16,19,24-25,27-28,32-33,69H,4-6,8-9,11-15,17-18,20-23,26,29-31,34-68H2,1-3H3/b10-7-,19-16-,27-24-,28-25-,33-32-. The van der Waals surface area contributed by atoms with Crippen LogP contribution in [-0.4, -0.2) is 37.2 Å². The Bertz CT molecular complexity index is 1390. The van der Waals surface area contributed by atoms with Crippen LogP contribution in [0, 0.1) is 0 Å². The molecule has 0 aliphatic heterocycles. The number of hydrogen-bond donors (Lipinski definition) is 0. The van der Waals surface area contributed by atoms with Gasteiger partial charge in [-0.1, -0.05) is 319 Å². The predicted molar refractivity (Wildman–Crippen MR) is 339 cm³/mol. The van der Waals surface area contributed by atoms with Gasteiger partial charge in [-0.05, 0) is 83.5 Å². The van der Waals surface area contributed by atoms with Gasteiger partial charge in [0, 0.05) is 19.3 Å². The Kier molecular flexibility index (Phi) is 64.2. The van der Waals surface area contributed by atoms with Gasteiger partial charge in [0.1, 0.15) is 13.2 Å². The molecule has 0 heterocycles. The zero-order valence-electron chi connectivity index (χ0n) is 52.2. The maximum atomic E-state index is 12.9. The van der Waals surface area contributed by atoms with Crippen LogP contribution in [0.25, 0.3) is 0 Å². The molecule has 0 aromatic carbocycles. The molecule has 0 radical (unpaired) electrons. The molecular weight excluding hydrogens is 961 g/mol. The van der Waals surface area contributed by atoms with Crippen LogP contribution in [-0.2, 0) is 28.6 Å². The first kappa shape index (κ1) is 75.1. The summed E-state index contributed by atoms with van der Waals surface area (Å²) < 4.78 is 17.0. The van der Waals surface area contributed by atoms with Gasteiger partial charge in [0.05, 0.1) is 0 Å². The minimum Gasteiger partial charge on any atom is -0.462 e. The average Bonchev–Trinajstić information content (AvgIpc) is 3.44. The fraction of sp³-hybridized carbons (Fsp3) is 0.819. The summed E-state index contributed by atoms with van der Waals surface area (Å²) in [7, 11) is 0. The second-order valence-corrected chi connectivity index (χ2v) is 23.1. The number of carbonyl (C=O) groups is 3. The first-order valence-electron chi connectivity index (χ1n) is 34.3. The highest BCUT2D eigenvalue weighted by atomic mass is 16.6. The number of ether oxygens (including phenoxy) is 3. The Morgan fingerprint density at radius 3 is 0.795 bits per heavy atom. The van der Waals surface area contributed by atoms with Gasteiger partial charge in [-0.2, -0.15) is 0 Å². The monoisotopic (exact) mass is 1090 g/mol. The van der Waals surface area contributed by atoms with Gasteiger partial charge in [0.25, 0.3) is 0 Å². The summed E-state index contributed by atoms with van der Waals surface area (Å²) in [6.07, 6.45) is 85.3. The number of carbonyl (C=O) groups excluding carboxylic acids is 3. The van der Waals surface area contributed by atoms with E-state index >= 15 is 0 Å². The number of esters is 3. The zero-order chi connectivity index (χ0) is 56.4. The van der Waals surface area contributed by atoms with Crippen LogP contribution < -0.4 is 0 Å². The Hall–Kier alpha value is -2.89. The molecular formula is C72H130O6. The third-order valence-electron chi connectivity index (χ3n) is 15.3. The fourth-order valence-electron chi connectivity index (χ4n) is 10.1. The van der Waals surface area contributed by atoms with Gasteiger partial charge in [0.15, 0.2) is 6.10 Å². The molecule has 0 bridgehead atoms. The molecule has 0 saturated heterocycles. The van der Waals surface area contributed by atoms with Crippen LogP contribution >= 0.6 is 0 Å². The normalized spacial score (nSPS) is 12.4. The summed E-state index contributed by atoms with van der Waals surface area (Å²) in [6.45, 7) is 6.57. The van der Waals surface area contributed by atoms with Crippen molar-refractivity contribution in [1.29, 1.82) is 0 Å². The lowest BCUT2D eigenvalue weighted by molar-refractivity contribution is -0.167. The maximum Gasteiger partial charge on any atom is 0.306 e. The van der Waals surface area contributed by atoms with E-state index in [0.29, 0.717) is 19.3 Å². The summed E-state index contributed by atoms with van der Waals surface area (Å²) in [5.74, 6) is -0.857. The first-order valence-corrected chi connectivity index (χ1v) is 34.3. The second-order valence-electron chi connectivity index (χ2n) is 23.1. The molecule has 0 spiro atoms. The van der Waals surface area contributed by atoms with Crippen molar-refractivity contribution < 1.29 is 28.6 Å². The van der Waals surface area contributed by atoms with Crippen LogP contribution in [0.4, 0.5) is 0 Å². The van der Waals surface area contributed by atoms with E-state index in [2.05, 4.69) is 81.5 Å². The molecule has 0 fully saturated rings. The minimum absolute atomic E-state index is 0.0724. The van der Waals surface area contributed by atoms with Crippen LogP contribution in [0.5, 0.6) is 0 Å². The highest BCUT2D eigenvalue weighted by Crippen LogP contribution is 2.18. The third kappa shape index (κ3) is 63.9. The van der Waals surface area contributed by atoms with Crippen LogP contribution in [0.1, 0.15) is 361 Å². The van der Waals surface area contributed by atoms with Gasteiger partial charge in [-0.25, -0.2) is 0 Å². The van der Waals surface area contributed by atoms with E-state index in [-0.39, 0.29) is 31.1 Å². The molecule has 0 aromatic rings. The van der Waals surface area contributed by atoms with E-state index in [0.717, 1.165) is 89.9 Å². The first-order chi connectivity index (χ1) is 38.5. The fourth-order valence-corrected chi connectivity index (χ4v) is 10.1. The topological polar surface area (TPSA) is 78.9 Å². The molecule has 0 aliphatic rings. The van der Waals surface area contributed by atoms with E-state index in [4.69, 9.17) is 14.2 Å². The minimum atomic E-state index is -0.776. The highest BCUT2D eigenvalue weighted by molar-refractivity contribution is 5.71. The smallest absolute Gasteiger partial charge is 0.306 e. The molecule has 6 nitrogen and oxygen atoms in total. The molecule has 0 rings (SSSR count). The lowest BCUT2D eigenvalue weighted by atomic mass is 10.0. The average molecular weight is 1090 g/mol. The van der Waals surface area contributed by atoms with E-state index in [1.165, 1.54) is 231 Å². The molecule has 0 saturated carbocycles. The van der Waals surface area contributed by atoms with Crippen molar-refractivity contribution >= 4 is 17.9 Å². The Morgan fingerprint density at radius 1 is 0.269 bits per heavy atom. The zero-order valence-corrected chi connectivity index (χ0v) is 52.2. The lowest BCUT2D eigenvalue weighted by Gasteiger charge is -2.18. The van der Waals surface area contributed by atoms with Crippen molar-refractivity contribution in [2.75, 3.05) is 13.2 Å². The van der Waals surface area contributed by atoms with Crippen molar-refractivity contribution in [1.82, 2.24) is 0 Å². The molecule has 1 atom stereocenters. The van der Waals surface area contributed by atoms with Crippen molar-refractivity contribution in [2.24, 2.45) is 0 Å². The van der Waals surface area contributed by atoms with Crippen molar-refractivity contribution in [3.05, 3.63) is 60.8 Å². The summed E-state index contributed by atoms with van der Waals surface area (Å²) in [5.41, 5.74) is 0. The molecule has 454 valence electrons. The molecule has 0 amide bonds. The van der Waals surface area contributed by atoms with E-state index in [1.807, 2.05) is 0 Å². The number of rotatable bonds is 63. The molecule has 78 heavy (non-hydrogen) atoms. The van der Waals surface area contributed by atoms with Crippen molar-refractivity contribution in [3.63, 3.8) is 0 Å². The Labute approximate surface area is 485 Å². The van der Waals surface area contributed by atoms with Crippen LogP contribution in [0.15, 0.2) is 60.8 Å². The van der Waals surface area contributed by atoms with Gasteiger partial charge >= 0.3 is 17.9 Å². The van der Waals surface area contributed by atoms with Gasteiger partial charge < -0.3 is 14.2 Å². The number of unbranched alkanes of at least 4 members (excludes halogenated alkanes) is 42. The molecule has 0 N–H and O–H groups in total. The quantitative estimate of drug-likeness (QED) is 0.0261. The van der Waals surface area contributed by atoms with E-state index < -0.39 is 6.10 Å². The lowest BCUT2D eigenvalue weighted by Crippen LogP contribution is -2.30. The molecule has 0 aromatic heterocycles. The molecule has 1 unspecified atom stereocenters. The summed E-state index contributed by atoms with van der Waals surface area (Å²) >= 11 is 0. The highest BCUT2D eigenvalue weighted by Gasteiger charge is 2.19. The largest absolute Gasteiger partial charge is 0.462 e. The predicted octanol–water partition coefficient (Wildman–Crippen LogP) is 23.5. The van der Waals surface area contributed by atoms with Gasteiger partial charge in [-0.3, -0.25) is 14.4 Å². The van der Waals surface area contributed by atoms with Gasteiger partial charge in [0.2, 0.25) is 0 Å². The SMILES string of the molecule is CC/C=C\C/C=C\C/C=C\C/C=C\CCCCCCCCCCCCCCCCC(=O)OCC(COC(=O)CCCCCCC/C=C\CCCCCCC)OC(=O)CCCCCCCCCCCCCCCCCCCCC. The molecule has 0 aliphatic carbocycles. The third-order valence-corrected chi connectivity index (χ3v) is 15.3. The Morgan fingerprint density at radius 2 is 0.500 bits per heavy atom. The van der Waals surface area contributed by atoms with E-state index in [9.17, 15) is 14.4 Å². The van der Waals surface area contributed by atoms with E-state index in [1.54, 1.807) is 0 Å². The summed E-state index contributed by atoms with van der Waals surface area (Å²) in [5, 5.41) is 0. The maximum absolute atomic E-state index is 12.9. The van der Waals surface area contributed by atoms with Crippen molar-refractivity contribution in [3.8, 4) is 0 Å². The van der Waals surface area contributed by atoms with Crippen LogP contribution in [0.2, 0.25) is 0 Å². The summed E-state index contributed by atoms with van der Waals surface area (Å²) in [6, 6.07) is 0. The van der Waals surface area contributed by atoms with Gasteiger partial charge in [-0.15, -0.1) is 0 Å². The number of hydrogen-bond acceptors (Lipinski definition) is 6. The summed E-state index contributed by atoms with van der Waals surface area (Å²) in [4.78, 5) is 38.4.